The van der Waals surface area contributed by atoms with E-state index in [2.05, 4.69) is 10.6 Å². The van der Waals surface area contributed by atoms with Gasteiger partial charge in [0, 0.05) is 26.4 Å². The summed E-state index contributed by atoms with van der Waals surface area (Å²) in [6.45, 7) is 0.710. The van der Waals surface area contributed by atoms with Crippen LogP contribution >= 0.6 is 7.60 Å². The van der Waals surface area contributed by atoms with Crippen molar-refractivity contribution in [3.63, 3.8) is 0 Å². The zero-order valence-electron chi connectivity index (χ0n) is 22.1. The standard InChI is InChI=1S/C24H38N3O11P/c1-15(29)25-12-17-21(31)22(32)18(13-28)27(17)10-11-39(35,36)38-14-24(2,23(33)34)26-20(30)9-8-16-6-4-5-7-19(16)37-3/h4-7,17-18,21-22,28,31-32H,8-14H2,1-3H3,(H,25,29)(H,26,30)(H,33,34)(H,35,36)/t17-,18-,21-,22-,24?/m1/s1. The molecule has 1 aromatic carbocycles. The zero-order chi connectivity index (χ0) is 29.4. The van der Waals surface area contributed by atoms with E-state index in [4.69, 9.17) is 9.26 Å². The number of carboxylic acids is 1. The first kappa shape index (κ1) is 32.6. The number of aliphatic carboxylic acids is 1. The van der Waals surface area contributed by atoms with Gasteiger partial charge in [-0.05, 0) is 25.0 Å². The van der Waals surface area contributed by atoms with Gasteiger partial charge in [-0.2, -0.15) is 0 Å². The molecule has 0 saturated carbocycles. The number of likely N-dealkylation sites (tertiary alicyclic amines) is 1. The molecule has 1 aliphatic heterocycles. The van der Waals surface area contributed by atoms with Gasteiger partial charge in [-0.25, -0.2) is 4.79 Å². The summed E-state index contributed by atoms with van der Waals surface area (Å²) in [4.78, 5) is 47.5. The SMILES string of the molecule is COc1ccccc1CCC(=O)NC(C)(COP(=O)(O)CCN1[C@H](CO)[C@@H](O)[C@H](O)[C@H]1CNC(C)=O)C(=O)O. The van der Waals surface area contributed by atoms with Crippen LogP contribution in [0.25, 0.3) is 0 Å². The maximum atomic E-state index is 12.8. The van der Waals surface area contributed by atoms with Gasteiger partial charge >= 0.3 is 13.6 Å². The second-order valence-electron chi connectivity index (χ2n) is 9.61. The number of hydrogen-bond donors (Lipinski definition) is 7. The Labute approximate surface area is 226 Å². The second-order valence-corrected chi connectivity index (χ2v) is 11.6. The first-order valence-electron chi connectivity index (χ1n) is 12.3. The average molecular weight is 576 g/mol. The number of aliphatic hydroxyl groups excluding tert-OH is 3. The van der Waals surface area contributed by atoms with Crippen LogP contribution in [0, 0.1) is 0 Å². The van der Waals surface area contributed by atoms with Crippen LogP contribution in [0.4, 0.5) is 0 Å². The van der Waals surface area contributed by atoms with Gasteiger partial charge in [0.15, 0.2) is 5.54 Å². The number of carbonyl (C=O) groups excluding carboxylic acids is 2. The number of hydrogen-bond acceptors (Lipinski definition) is 10. The summed E-state index contributed by atoms with van der Waals surface area (Å²) < 4.78 is 23.1. The minimum absolute atomic E-state index is 0.0716. The summed E-state index contributed by atoms with van der Waals surface area (Å²) in [5, 5.41) is 44.8. The van der Waals surface area contributed by atoms with Gasteiger partial charge in [0.25, 0.3) is 0 Å². The van der Waals surface area contributed by atoms with Crippen molar-refractivity contribution in [3.05, 3.63) is 29.8 Å². The maximum absolute atomic E-state index is 12.8. The number of rotatable bonds is 15. The van der Waals surface area contributed by atoms with E-state index >= 15 is 0 Å². The normalized spacial score (nSPS) is 24.4. The average Bonchev–Trinajstić information content (AvgIpc) is 3.12. The Hall–Kier alpha value is -2.58. The van der Waals surface area contributed by atoms with Crippen molar-refractivity contribution in [1.29, 1.82) is 0 Å². The molecule has 2 unspecified atom stereocenters. The van der Waals surface area contributed by atoms with E-state index in [9.17, 15) is 44.3 Å². The lowest BCUT2D eigenvalue weighted by Crippen LogP contribution is -2.55. The fourth-order valence-electron chi connectivity index (χ4n) is 4.34. The highest BCUT2D eigenvalue weighted by atomic mass is 31.2. The van der Waals surface area contributed by atoms with Crippen molar-refractivity contribution >= 4 is 25.4 Å². The minimum Gasteiger partial charge on any atom is -0.496 e. The van der Waals surface area contributed by atoms with Crippen LogP contribution in [-0.4, -0.2) is 117 Å². The van der Waals surface area contributed by atoms with Gasteiger partial charge in [-0.1, -0.05) is 18.2 Å². The molecule has 1 fully saturated rings. The fraction of sp³-hybridized carbons (Fsp3) is 0.625. The molecule has 0 aliphatic carbocycles. The molecule has 0 radical (unpaired) electrons. The third-order valence-corrected chi connectivity index (χ3v) is 7.93. The quantitative estimate of drug-likeness (QED) is 0.121. The van der Waals surface area contributed by atoms with E-state index in [0.717, 1.165) is 12.5 Å². The molecule has 39 heavy (non-hydrogen) atoms. The van der Waals surface area contributed by atoms with E-state index in [1.54, 1.807) is 24.3 Å². The number of carbonyl (C=O) groups is 3. The molecule has 1 aromatic rings. The smallest absolute Gasteiger partial charge is 0.331 e. The minimum atomic E-state index is -4.44. The number of amides is 2. The maximum Gasteiger partial charge on any atom is 0.331 e. The van der Waals surface area contributed by atoms with Gasteiger partial charge in [0.1, 0.15) is 5.75 Å². The molecule has 14 nitrogen and oxygen atoms in total. The van der Waals surface area contributed by atoms with Crippen LogP contribution in [0.2, 0.25) is 0 Å². The van der Waals surface area contributed by atoms with Crippen LogP contribution in [0.15, 0.2) is 24.3 Å². The number of aliphatic hydroxyl groups is 3. The summed E-state index contributed by atoms with van der Waals surface area (Å²) >= 11 is 0. The molecule has 0 aromatic heterocycles. The largest absolute Gasteiger partial charge is 0.496 e. The van der Waals surface area contributed by atoms with Crippen molar-refractivity contribution in [3.8, 4) is 5.75 Å². The second kappa shape index (κ2) is 14.2. The number of nitrogens with one attached hydrogen (secondary N) is 2. The molecule has 1 aliphatic rings. The molecule has 2 rings (SSSR count). The van der Waals surface area contributed by atoms with Crippen LogP contribution in [0.1, 0.15) is 25.8 Å². The summed E-state index contributed by atoms with van der Waals surface area (Å²) in [6.07, 6.45) is -3.05. The van der Waals surface area contributed by atoms with Crippen LogP contribution in [-0.2, 0) is 29.9 Å². The van der Waals surface area contributed by atoms with Gasteiger partial charge in [0.05, 0.1) is 50.8 Å². The van der Waals surface area contributed by atoms with Gasteiger partial charge in [-0.3, -0.25) is 19.1 Å². The Balaban J connectivity index is 2.00. The predicted molar refractivity (Wildman–Crippen MR) is 138 cm³/mol. The van der Waals surface area contributed by atoms with Crippen LogP contribution in [0.5, 0.6) is 5.75 Å². The third-order valence-electron chi connectivity index (χ3n) is 6.63. The highest BCUT2D eigenvalue weighted by Crippen LogP contribution is 2.43. The molecule has 0 bridgehead atoms. The predicted octanol–water partition coefficient (Wildman–Crippen LogP) is -1.31. The molecule has 1 saturated heterocycles. The molecule has 6 atom stereocenters. The highest BCUT2D eigenvalue weighted by Gasteiger charge is 2.47. The van der Waals surface area contributed by atoms with Crippen LogP contribution in [0.3, 0.4) is 0 Å². The van der Waals surface area contributed by atoms with Crippen molar-refractivity contribution in [1.82, 2.24) is 15.5 Å². The molecule has 1 heterocycles. The first-order chi connectivity index (χ1) is 18.2. The summed E-state index contributed by atoms with van der Waals surface area (Å²) in [5.74, 6) is -1.90. The van der Waals surface area contributed by atoms with Crippen molar-refractivity contribution in [2.75, 3.05) is 39.6 Å². The van der Waals surface area contributed by atoms with Gasteiger partial charge in [-0.15, -0.1) is 0 Å². The first-order valence-corrected chi connectivity index (χ1v) is 14.1. The number of methoxy groups -OCH3 is 1. The number of para-hydroxylation sites is 1. The lowest BCUT2D eigenvalue weighted by molar-refractivity contribution is -0.148. The molecule has 0 spiro atoms. The topological polar surface area (TPSA) is 215 Å². The Morgan fingerprint density at radius 3 is 2.38 bits per heavy atom. The highest BCUT2D eigenvalue weighted by molar-refractivity contribution is 7.52. The molecule has 15 heteroatoms. The zero-order valence-corrected chi connectivity index (χ0v) is 23.0. The summed E-state index contributed by atoms with van der Waals surface area (Å²) in [7, 11) is -2.95. The van der Waals surface area contributed by atoms with Crippen LogP contribution < -0.4 is 15.4 Å². The Bertz CT molecular complexity index is 1060. The monoisotopic (exact) mass is 575 g/mol. The number of nitrogens with zero attached hydrogens (tertiary/aromatic N) is 1. The third kappa shape index (κ3) is 8.97. The van der Waals surface area contributed by atoms with E-state index < -0.39 is 74.6 Å². The Kier molecular flexibility index (Phi) is 11.9. The van der Waals surface area contributed by atoms with Crippen molar-refractivity contribution < 1.29 is 53.5 Å². The number of aryl methyl sites for hydroxylation is 1. The number of carboxylic acid groups (broad SMARTS) is 1. The van der Waals surface area contributed by atoms with E-state index in [0.29, 0.717) is 5.75 Å². The van der Waals surface area contributed by atoms with E-state index in [1.165, 1.54) is 18.9 Å². The van der Waals surface area contributed by atoms with Crippen molar-refractivity contribution in [2.24, 2.45) is 0 Å². The van der Waals surface area contributed by atoms with E-state index in [1.807, 2.05) is 0 Å². The molecule has 7 N–H and O–H groups in total. The number of benzene rings is 1. The molecule has 220 valence electrons. The molecule has 2 amide bonds. The summed E-state index contributed by atoms with van der Waals surface area (Å²) in [5.41, 5.74) is -1.27. The van der Waals surface area contributed by atoms with Gasteiger partial charge < -0.3 is 45.2 Å². The van der Waals surface area contributed by atoms with E-state index in [-0.39, 0.29) is 25.9 Å². The number of ether oxygens (including phenoxy) is 1. The molecular weight excluding hydrogens is 537 g/mol. The Morgan fingerprint density at radius 2 is 1.79 bits per heavy atom. The fourth-order valence-corrected chi connectivity index (χ4v) is 5.41. The Morgan fingerprint density at radius 1 is 1.15 bits per heavy atom. The van der Waals surface area contributed by atoms with Gasteiger partial charge in [0.2, 0.25) is 11.8 Å². The summed E-state index contributed by atoms with van der Waals surface area (Å²) in [6, 6.07) is 5.23. The molecular formula is C24H38N3O11P. The lowest BCUT2D eigenvalue weighted by Gasteiger charge is -2.31. The van der Waals surface area contributed by atoms with Crippen molar-refractivity contribution in [2.45, 2.75) is 56.5 Å². The lowest BCUT2D eigenvalue weighted by atomic mass is 10.0.